The molecule has 3 aromatic carbocycles. The minimum absolute atomic E-state index is 0.590. The first kappa shape index (κ1) is 55.1. The molecule has 6 aromatic rings. The average Bonchev–Trinajstić information content (AvgIpc) is 4.05. The molecule has 3 aromatic heterocycles. The Balaban J connectivity index is 0.000000371. The second-order valence-corrected chi connectivity index (χ2v) is 16.0. The van der Waals surface area contributed by atoms with Crippen molar-refractivity contribution in [3.8, 4) is 5.75 Å². The predicted molar refractivity (Wildman–Crippen MR) is 234 cm³/mol. The van der Waals surface area contributed by atoms with E-state index in [1.807, 2.05) is 93.9 Å². The Morgan fingerprint density at radius 3 is 1.09 bits per heavy atom. The van der Waals surface area contributed by atoms with Crippen molar-refractivity contribution in [1.82, 2.24) is 30.6 Å². The molecule has 0 atom stereocenters. The average molecular weight is 961 g/mol. The number of methoxy groups -OCH3 is 1. The largest absolute Gasteiger partial charge is 0.707 e. The Morgan fingerprint density at radius 2 is 0.864 bits per heavy atom. The van der Waals surface area contributed by atoms with Crippen LogP contribution in [0.3, 0.4) is 0 Å². The summed E-state index contributed by atoms with van der Waals surface area (Å²) in [6.45, 7) is 3.14. The van der Waals surface area contributed by atoms with E-state index in [2.05, 4.69) is 80.6 Å². The van der Waals surface area contributed by atoms with Gasteiger partial charge in [-0.15, -0.1) is 15.3 Å². The van der Waals surface area contributed by atoms with Gasteiger partial charge in [0.15, 0.2) is 0 Å². The van der Waals surface area contributed by atoms with Gasteiger partial charge in [0.25, 0.3) is 20.2 Å². The molecule has 28 nitrogen and oxygen atoms in total. The normalized spacial score (nSPS) is 11.1. The summed E-state index contributed by atoms with van der Waals surface area (Å²) in [6.07, 6.45) is 8.18. The molecule has 66 heavy (non-hydrogen) atoms. The number of hydrogen-bond acceptors (Lipinski definition) is 22. The van der Waals surface area contributed by atoms with Crippen molar-refractivity contribution in [1.29, 1.82) is 0 Å². The molecule has 0 aliphatic heterocycles. The summed E-state index contributed by atoms with van der Waals surface area (Å²) >= 11 is 0. The van der Waals surface area contributed by atoms with E-state index >= 15 is 0 Å². The minimum atomic E-state index is -3.72. The lowest BCUT2D eigenvalue weighted by Crippen LogP contribution is -2.24. The van der Waals surface area contributed by atoms with Crippen molar-refractivity contribution in [2.45, 2.75) is 12.8 Å². The highest BCUT2D eigenvalue weighted by Gasteiger charge is 2.07. The minimum Gasteiger partial charge on any atom is -0.707 e. The van der Waals surface area contributed by atoms with E-state index in [1.54, 1.807) is 39.8 Å². The van der Waals surface area contributed by atoms with Gasteiger partial charge in [0, 0.05) is 39.8 Å². The van der Waals surface area contributed by atoms with E-state index in [4.69, 9.17) is 26.7 Å². The molecule has 0 aliphatic rings. The van der Waals surface area contributed by atoms with Gasteiger partial charge in [-0.1, -0.05) is 15.3 Å². The van der Waals surface area contributed by atoms with Crippen LogP contribution in [0.15, 0.2) is 122 Å². The van der Waals surface area contributed by atoms with Crippen molar-refractivity contribution in [3.05, 3.63) is 91.8 Å². The van der Waals surface area contributed by atoms with E-state index in [1.165, 1.54) is 0 Å². The third-order valence-electron chi connectivity index (χ3n) is 7.44. The van der Waals surface area contributed by atoms with Gasteiger partial charge in [0.1, 0.15) is 5.75 Å². The van der Waals surface area contributed by atoms with Crippen LogP contribution < -0.4 is 51.1 Å². The molecule has 0 spiro atoms. The van der Waals surface area contributed by atoms with Crippen LogP contribution in [-0.4, -0.2) is 93.2 Å². The second kappa shape index (κ2) is 30.1. The van der Waals surface area contributed by atoms with Gasteiger partial charge < -0.3 is 46.0 Å². The fourth-order valence-electron chi connectivity index (χ4n) is 4.13. The summed E-state index contributed by atoms with van der Waals surface area (Å²) in [6, 6.07) is 23.0. The van der Waals surface area contributed by atoms with Crippen LogP contribution in [-0.2, 0) is 50.0 Å². The summed E-state index contributed by atoms with van der Waals surface area (Å²) < 4.78 is 53.5. The molecular weight excluding hydrogens is 907 g/mol. The van der Waals surface area contributed by atoms with Crippen LogP contribution in [0.4, 0.5) is 46.3 Å². The molecule has 0 radical (unpaired) electrons. The first-order chi connectivity index (χ1) is 31.5. The smallest absolute Gasteiger partial charge is 0.401 e. The summed E-state index contributed by atoms with van der Waals surface area (Å²) in [5, 5.41) is 69.2. The molecule has 0 aliphatic carbocycles. The van der Waals surface area contributed by atoms with Crippen molar-refractivity contribution >= 4 is 66.5 Å². The number of nitrogens with two attached hydrogens (primary N) is 2. The molecule has 3 heterocycles. The Hall–Kier alpha value is -7.06. The van der Waals surface area contributed by atoms with E-state index in [0.29, 0.717) is 30.4 Å². The van der Waals surface area contributed by atoms with Gasteiger partial charge in [-0.25, -0.2) is 30.5 Å². The number of nitrogens with zero attached hydrogens (tertiary/aromatic N) is 12. The highest BCUT2D eigenvalue weighted by molar-refractivity contribution is 7.86. The van der Waals surface area contributed by atoms with Gasteiger partial charge in [-0.05, 0) is 114 Å². The third-order valence-corrected chi connectivity index (χ3v) is 7.94. The predicted octanol–water partition coefficient (Wildman–Crippen LogP) is 0.955. The van der Waals surface area contributed by atoms with Gasteiger partial charge in [0.2, 0.25) is 19.0 Å². The lowest BCUT2D eigenvalue weighted by atomic mass is 10.2. The van der Waals surface area contributed by atoms with Gasteiger partial charge in [-0.3, -0.25) is 0 Å². The second-order valence-electron chi connectivity index (χ2n) is 12.9. The maximum Gasteiger partial charge on any atom is 0.401 e. The number of nitrogens with one attached hydrogen (secondary N) is 5. The molecule has 30 heteroatoms. The number of ether oxygens (including phenoxy) is 1. The Bertz CT molecular complexity index is 2440. The zero-order valence-corrected chi connectivity index (χ0v) is 38.5. The van der Waals surface area contributed by atoms with Gasteiger partial charge in [-0.2, -0.15) is 0 Å². The molecule has 0 saturated carbocycles. The lowest BCUT2D eigenvalue weighted by Gasteiger charge is -2.08. The maximum atomic E-state index is 9.47. The Labute approximate surface area is 380 Å². The Kier molecular flexibility index (Phi) is 25.2. The van der Waals surface area contributed by atoms with Crippen molar-refractivity contribution < 1.29 is 54.5 Å². The van der Waals surface area contributed by atoms with E-state index in [9.17, 15) is 16.8 Å². The highest BCUT2D eigenvalue weighted by atomic mass is 32.2. The van der Waals surface area contributed by atoms with Crippen LogP contribution in [0, 0.1) is 0 Å². The van der Waals surface area contributed by atoms with Crippen LogP contribution in [0.5, 0.6) is 5.75 Å². The number of anilines is 2. The van der Waals surface area contributed by atoms with Crippen molar-refractivity contribution in [2.24, 2.45) is 63.3 Å². The number of azo groups is 3. The fourth-order valence-corrected chi connectivity index (χ4v) is 4.13. The molecule has 0 fully saturated rings. The summed E-state index contributed by atoms with van der Waals surface area (Å²) in [5.41, 5.74) is 14.5. The SMILES string of the molecule is COc1ccc(N=Nc2[nH]nc[n+]2C)cc1.CS(=O)(=O)O[O-].CS(=O)(=O)O[O-].C[n+]1cn[nH]c1N=Nc1ccc(NCCCNc2ccc(N=Nc3[nH]nc[n+]3C)cc2)cc1.NCCCN. The number of aromatic nitrogens is 9. The number of hydrogen-bond donors (Lipinski definition) is 7. The van der Waals surface area contributed by atoms with E-state index in [0.717, 1.165) is 73.2 Å². The first-order valence-electron chi connectivity index (χ1n) is 19.2. The van der Waals surface area contributed by atoms with Gasteiger partial charge >= 0.3 is 17.8 Å². The maximum absolute atomic E-state index is 9.47. The monoisotopic (exact) mass is 960 g/mol. The quantitative estimate of drug-likeness (QED) is 0.0220. The fraction of sp³-hybridized carbons (Fsp3) is 0.333. The lowest BCUT2D eigenvalue weighted by molar-refractivity contribution is -0.658. The number of rotatable bonds is 17. The van der Waals surface area contributed by atoms with Crippen LogP contribution in [0.25, 0.3) is 0 Å². The number of aryl methyl sites for hydroxylation is 3. The number of H-pyrrole nitrogens is 3. The number of aromatic amines is 3. The molecule has 0 saturated heterocycles. The van der Waals surface area contributed by atoms with Crippen LogP contribution in [0.1, 0.15) is 12.8 Å². The molecule has 6 rings (SSSR count). The Morgan fingerprint density at radius 1 is 0.561 bits per heavy atom. The summed E-state index contributed by atoms with van der Waals surface area (Å²) in [7, 11) is -0.265. The third kappa shape index (κ3) is 24.1. The van der Waals surface area contributed by atoms with Crippen molar-refractivity contribution in [2.75, 3.05) is 56.4 Å². The standard InChI is InChI=1S/C21H24N12.C10H11N5O.C3H10N2.2CH4O4S/c1-32-14-24-28-20(32)30-26-18-8-4-16(5-9-18)22-12-3-13-23-17-6-10-19(11-7-17)27-31-21-29-25-15-33(21)2;1-15-7-11-13-10(15)14-12-8-3-5-9(16-2)6-4-8;4-2-1-3-5;2*1-6(3,4)5-2/h4-11,14-15H,3,12-13H2,1-2H3,(H2,22,23,28,29,30,31);3-7H,1-2H3;1-5H2;2*2H,1H3/p+1. The summed E-state index contributed by atoms with van der Waals surface area (Å²) in [4.78, 5) is 0. The van der Waals surface area contributed by atoms with Crippen LogP contribution in [0.2, 0.25) is 0 Å². The molecule has 358 valence electrons. The van der Waals surface area contributed by atoms with E-state index < -0.39 is 20.2 Å². The van der Waals surface area contributed by atoms with Gasteiger partial charge in [0.05, 0.1) is 57.8 Å². The molecule has 0 unspecified atom stereocenters. The highest BCUT2D eigenvalue weighted by Crippen LogP contribution is 2.20. The first-order valence-corrected chi connectivity index (χ1v) is 22.8. The molecular formula is C36H54N19O9S2+. The zero-order chi connectivity index (χ0) is 48.8. The topological polar surface area (TPSA) is 390 Å². The van der Waals surface area contributed by atoms with Crippen LogP contribution >= 0.6 is 0 Å². The zero-order valence-electron chi connectivity index (χ0n) is 36.9. The van der Waals surface area contributed by atoms with E-state index in [-0.39, 0.29) is 0 Å². The summed E-state index contributed by atoms with van der Waals surface area (Å²) in [5.74, 6) is 2.57. The molecule has 0 amide bonds. The number of benzene rings is 3. The molecule has 9 N–H and O–H groups in total. The molecule has 0 bridgehead atoms. The van der Waals surface area contributed by atoms with Crippen molar-refractivity contribution in [3.63, 3.8) is 0 Å².